The summed E-state index contributed by atoms with van der Waals surface area (Å²) in [6, 6.07) is 11.9. The Morgan fingerprint density at radius 3 is 2.32 bits per heavy atom. The number of benzene rings is 2. The van der Waals surface area contributed by atoms with Crippen molar-refractivity contribution in [1.29, 1.82) is 0 Å². The lowest BCUT2D eigenvalue weighted by Gasteiger charge is -2.37. The van der Waals surface area contributed by atoms with Crippen molar-refractivity contribution < 1.29 is 33.4 Å². The molecule has 2 heterocycles. The first-order chi connectivity index (χ1) is 23.8. The van der Waals surface area contributed by atoms with Crippen LogP contribution in [0.25, 0.3) is 0 Å². The van der Waals surface area contributed by atoms with Gasteiger partial charge in [-0.2, -0.15) is 4.31 Å². The maximum Gasteiger partial charge on any atom is 0.321 e. The second kappa shape index (κ2) is 17.4. The monoisotopic (exact) mass is 728 g/mol. The fraction of sp³-hybridized carbons (Fsp3) is 0.486. The molecule has 15 heteroatoms. The summed E-state index contributed by atoms with van der Waals surface area (Å²) >= 11 is 1.51. The zero-order valence-corrected chi connectivity index (χ0v) is 30.7. The van der Waals surface area contributed by atoms with Crippen molar-refractivity contribution >= 4 is 39.5 Å². The van der Waals surface area contributed by atoms with Gasteiger partial charge in [-0.05, 0) is 48.4 Å². The maximum absolute atomic E-state index is 14.1. The number of amides is 3. The Morgan fingerprint density at radius 1 is 1.08 bits per heavy atom. The quantitative estimate of drug-likeness (QED) is 0.0930. The highest BCUT2D eigenvalue weighted by atomic mass is 32.2. The Kier molecular flexibility index (Phi) is 13.5. The molecule has 13 nitrogen and oxygen atoms in total. The molecule has 4 rings (SSSR count). The van der Waals surface area contributed by atoms with E-state index in [-0.39, 0.29) is 29.2 Å². The summed E-state index contributed by atoms with van der Waals surface area (Å²) in [6.07, 6.45) is -0.0659. The van der Waals surface area contributed by atoms with Crippen molar-refractivity contribution in [3.05, 3.63) is 81.8 Å². The van der Waals surface area contributed by atoms with E-state index in [1.807, 2.05) is 56.5 Å². The van der Waals surface area contributed by atoms with E-state index in [9.17, 15) is 28.2 Å². The number of urea groups is 1. The van der Waals surface area contributed by atoms with E-state index >= 15 is 0 Å². The number of aliphatic hydroxyl groups is 2. The number of aryl methyl sites for hydroxylation is 1. The number of sulfonamides is 1. The summed E-state index contributed by atoms with van der Waals surface area (Å²) in [5.41, 5.74) is 2.07. The molecule has 272 valence electrons. The third kappa shape index (κ3) is 9.46. The van der Waals surface area contributed by atoms with E-state index in [0.717, 1.165) is 20.6 Å². The predicted molar refractivity (Wildman–Crippen MR) is 191 cm³/mol. The van der Waals surface area contributed by atoms with Gasteiger partial charge in [0.15, 0.2) is 0 Å². The average Bonchev–Trinajstić information content (AvgIpc) is 3.65. The normalized spacial score (nSPS) is 16.5. The zero-order valence-electron chi connectivity index (χ0n) is 29.1. The van der Waals surface area contributed by atoms with Crippen LogP contribution >= 0.6 is 11.3 Å². The number of carbonyl (C=O) groups excluding carboxylic acids is 2. The maximum atomic E-state index is 14.1. The number of rotatable bonds is 17. The Morgan fingerprint density at radius 2 is 1.76 bits per heavy atom. The lowest BCUT2D eigenvalue weighted by Crippen LogP contribution is -2.58. The van der Waals surface area contributed by atoms with E-state index in [1.54, 1.807) is 23.6 Å². The molecule has 0 saturated carbocycles. The van der Waals surface area contributed by atoms with Gasteiger partial charge >= 0.3 is 6.03 Å². The fourth-order valence-electron chi connectivity index (χ4n) is 6.19. The van der Waals surface area contributed by atoms with Gasteiger partial charge < -0.3 is 30.5 Å². The minimum atomic E-state index is -4.27. The van der Waals surface area contributed by atoms with E-state index in [2.05, 4.69) is 15.5 Å². The molecule has 0 spiro atoms. The minimum Gasteiger partial charge on any atom is -0.411 e. The largest absolute Gasteiger partial charge is 0.411 e. The van der Waals surface area contributed by atoms with Crippen molar-refractivity contribution in [3.63, 3.8) is 0 Å². The van der Waals surface area contributed by atoms with Gasteiger partial charge in [-0.1, -0.05) is 75.3 Å². The second-order valence-corrected chi connectivity index (χ2v) is 16.2. The smallest absolute Gasteiger partial charge is 0.321 e. The van der Waals surface area contributed by atoms with Crippen molar-refractivity contribution in [3.8, 4) is 0 Å². The lowest BCUT2D eigenvalue weighted by atomic mass is 9.97. The number of oxime groups is 1. The molecule has 50 heavy (non-hydrogen) atoms. The predicted octanol–water partition coefficient (Wildman–Crippen LogP) is 3.32. The van der Waals surface area contributed by atoms with Crippen LogP contribution in [0.1, 0.15) is 49.5 Å². The number of carbonyl (C=O) groups is 2. The van der Waals surface area contributed by atoms with E-state index in [4.69, 9.17) is 5.21 Å². The number of hydrogen-bond donors (Lipinski definition) is 4. The molecule has 0 aliphatic carbocycles. The topological polar surface area (TPSA) is 176 Å². The molecule has 4 N–H and O–H groups in total. The highest BCUT2D eigenvalue weighted by molar-refractivity contribution is 7.89. The van der Waals surface area contributed by atoms with Crippen molar-refractivity contribution in [2.45, 2.75) is 76.7 Å². The van der Waals surface area contributed by atoms with Crippen LogP contribution in [0.15, 0.2) is 70.0 Å². The van der Waals surface area contributed by atoms with Gasteiger partial charge in [-0.15, -0.1) is 11.3 Å². The molecule has 0 radical (unpaired) electrons. The highest BCUT2D eigenvalue weighted by Crippen LogP contribution is 2.25. The molecule has 4 atom stereocenters. The van der Waals surface area contributed by atoms with Crippen LogP contribution in [-0.4, -0.2) is 112 Å². The lowest BCUT2D eigenvalue weighted by molar-refractivity contribution is -0.128. The van der Waals surface area contributed by atoms with Crippen molar-refractivity contribution in [2.75, 3.05) is 26.2 Å². The first-order valence-electron chi connectivity index (χ1n) is 16.7. The van der Waals surface area contributed by atoms with E-state index in [0.29, 0.717) is 25.2 Å². The Bertz CT molecular complexity index is 1700. The Balaban J connectivity index is 1.62. The number of nitrogens with one attached hydrogen (secondary N) is 1. The standard InChI is InChI=1S/C35H48N6O7S2/c1-23(2)31(21-42)41(50(47,48)29-13-11-27(12-14-29)18-36-46)20-32(43)30(17-26-9-7-6-8-10-26)38-34(44)33(24(3)4)40-16-15-39(35(40)45)19-28-22-49-25(5)37-28/h6-14,18,22-24,30-33,42-43,46H,15-17,19-21H2,1-5H3,(H,38,44)/b36-18+/t30-,31+,32+,33?/m0/s1. The van der Waals surface area contributed by atoms with Gasteiger partial charge in [0.05, 0.1) is 53.2 Å². The Labute approximate surface area is 298 Å². The second-order valence-electron chi connectivity index (χ2n) is 13.2. The van der Waals surface area contributed by atoms with Crippen LogP contribution in [0.2, 0.25) is 0 Å². The van der Waals surface area contributed by atoms with Crippen LogP contribution in [0, 0.1) is 18.8 Å². The number of hydrogen-bond acceptors (Lipinski definition) is 10. The van der Waals surface area contributed by atoms with Crippen molar-refractivity contribution in [1.82, 2.24) is 24.4 Å². The van der Waals surface area contributed by atoms with Crippen LogP contribution in [0.5, 0.6) is 0 Å². The molecule has 1 fully saturated rings. The molecule has 1 aliphatic heterocycles. The van der Waals surface area contributed by atoms with Crippen LogP contribution in [-0.2, 0) is 27.8 Å². The third-order valence-corrected chi connectivity index (χ3v) is 11.6. The molecule has 3 amide bonds. The zero-order chi connectivity index (χ0) is 36.6. The molecular formula is C35H48N6O7S2. The third-order valence-electron chi connectivity index (χ3n) is 8.86. The highest BCUT2D eigenvalue weighted by Gasteiger charge is 2.41. The SMILES string of the molecule is Cc1nc(CN2CCN(C(C(=O)N[C@@H](Cc3ccccc3)[C@H](O)CN([C@H](CO)C(C)C)S(=O)(=O)c3ccc(/C=N/O)cc3)C(C)C)C2=O)cs1. The summed E-state index contributed by atoms with van der Waals surface area (Å²) in [6.45, 7) is 9.34. The summed E-state index contributed by atoms with van der Waals surface area (Å²) in [4.78, 5) is 35.3. The summed E-state index contributed by atoms with van der Waals surface area (Å²) in [7, 11) is -4.27. The molecule has 1 aliphatic rings. The van der Waals surface area contributed by atoms with Gasteiger partial charge in [0.25, 0.3) is 0 Å². The fourth-order valence-corrected chi connectivity index (χ4v) is 8.56. The Hall–Kier alpha value is -3.89. The number of aliphatic hydroxyl groups excluding tert-OH is 2. The van der Waals surface area contributed by atoms with Gasteiger partial charge in [0.1, 0.15) is 6.04 Å². The van der Waals surface area contributed by atoms with Gasteiger partial charge in [-0.25, -0.2) is 18.2 Å². The van der Waals surface area contributed by atoms with Gasteiger partial charge in [0, 0.05) is 25.0 Å². The van der Waals surface area contributed by atoms with Crippen LogP contribution < -0.4 is 5.32 Å². The molecule has 1 saturated heterocycles. The molecular weight excluding hydrogens is 681 g/mol. The van der Waals surface area contributed by atoms with Gasteiger partial charge in [0.2, 0.25) is 15.9 Å². The first kappa shape index (κ1) is 38.9. The summed E-state index contributed by atoms with van der Waals surface area (Å²) < 4.78 is 29.3. The molecule has 0 bridgehead atoms. The van der Waals surface area contributed by atoms with E-state index in [1.165, 1.54) is 41.8 Å². The van der Waals surface area contributed by atoms with Gasteiger partial charge in [-0.3, -0.25) is 4.79 Å². The number of thiazole rings is 1. The van der Waals surface area contributed by atoms with E-state index < -0.39 is 53.3 Å². The molecule has 1 aromatic heterocycles. The average molecular weight is 729 g/mol. The first-order valence-corrected chi connectivity index (χ1v) is 19.0. The van der Waals surface area contributed by atoms with Crippen LogP contribution in [0.3, 0.4) is 0 Å². The number of aromatic nitrogens is 1. The molecule has 2 aromatic carbocycles. The molecule has 1 unspecified atom stereocenters. The summed E-state index contributed by atoms with van der Waals surface area (Å²) in [5.74, 6) is -1.06. The molecule has 3 aromatic rings. The number of nitrogens with zero attached hydrogens (tertiary/aromatic N) is 5. The minimum absolute atomic E-state index is 0.0766. The van der Waals surface area contributed by atoms with Crippen molar-refractivity contribution in [2.24, 2.45) is 17.0 Å². The summed E-state index contributed by atoms with van der Waals surface area (Å²) in [5, 5.41) is 39.9. The van der Waals surface area contributed by atoms with Crippen LogP contribution in [0.4, 0.5) is 4.79 Å².